The first-order valence-electron chi connectivity index (χ1n) is 5.13. The maximum atomic E-state index is 13.4. The highest BCUT2D eigenvalue weighted by Gasteiger charge is 2.12. The van der Waals surface area contributed by atoms with E-state index in [0.29, 0.717) is 27.4 Å². The van der Waals surface area contributed by atoms with Gasteiger partial charge in [0.25, 0.3) is 0 Å². The van der Waals surface area contributed by atoms with E-state index in [0.717, 1.165) is 0 Å². The van der Waals surface area contributed by atoms with Crippen LogP contribution < -0.4 is 0 Å². The predicted octanol–water partition coefficient (Wildman–Crippen LogP) is 3.85. The SMILES string of the molecule is Cc1c(F)ccc2c(Cl)nc(C(C)C)nc12. The molecular weight excluding hydrogens is 227 g/mol. The molecule has 0 saturated carbocycles. The molecule has 4 heteroatoms. The molecule has 0 amide bonds. The van der Waals surface area contributed by atoms with Gasteiger partial charge in [0.1, 0.15) is 16.8 Å². The summed E-state index contributed by atoms with van der Waals surface area (Å²) in [5.74, 6) is 0.549. The summed E-state index contributed by atoms with van der Waals surface area (Å²) in [6.07, 6.45) is 0. The summed E-state index contributed by atoms with van der Waals surface area (Å²) in [6.45, 7) is 5.66. The minimum atomic E-state index is -0.267. The molecule has 0 unspecified atom stereocenters. The Balaban J connectivity index is 2.83. The van der Waals surface area contributed by atoms with Crippen molar-refractivity contribution >= 4 is 22.5 Å². The van der Waals surface area contributed by atoms with Crippen molar-refractivity contribution in [1.29, 1.82) is 0 Å². The van der Waals surface area contributed by atoms with Crippen LogP contribution in [0.5, 0.6) is 0 Å². The molecule has 0 aliphatic carbocycles. The van der Waals surface area contributed by atoms with Crippen molar-refractivity contribution in [2.24, 2.45) is 0 Å². The lowest BCUT2D eigenvalue weighted by Gasteiger charge is -2.08. The van der Waals surface area contributed by atoms with Gasteiger partial charge < -0.3 is 0 Å². The van der Waals surface area contributed by atoms with E-state index in [1.807, 2.05) is 13.8 Å². The van der Waals surface area contributed by atoms with Gasteiger partial charge in [-0.15, -0.1) is 0 Å². The van der Waals surface area contributed by atoms with Crippen molar-refractivity contribution in [3.8, 4) is 0 Å². The maximum Gasteiger partial charge on any atom is 0.140 e. The van der Waals surface area contributed by atoms with E-state index in [1.165, 1.54) is 6.07 Å². The first kappa shape index (κ1) is 11.3. The van der Waals surface area contributed by atoms with E-state index in [9.17, 15) is 4.39 Å². The molecule has 84 valence electrons. The third kappa shape index (κ3) is 1.76. The van der Waals surface area contributed by atoms with Gasteiger partial charge in [0.05, 0.1) is 5.52 Å². The summed E-state index contributed by atoms with van der Waals surface area (Å²) in [6, 6.07) is 3.01. The van der Waals surface area contributed by atoms with Crippen LogP contribution in [0.25, 0.3) is 10.9 Å². The maximum absolute atomic E-state index is 13.4. The molecule has 1 heterocycles. The summed E-state index contributed by atoms with van der Waals surface area (Å²) in [7, 11) is 0. The van der Waals surface area contributed by atoms with Crippen LogP contribution in [0.2, 0.25) is 5.15 Å². The average molecular weight is 239 g/mol. The monoisotopic (exact) mass is 238 g/mol. The van der Waals surface area contributed by atoms with E-state index in [2.05, 4.69) is 9.97 Å². The summed E-state index contributed by atoms with van der Waals surface area (Å²) in [5.41, 5.74) is 1.12. The smallest absolute Gasteiger partial charge is 0.140 e. The Kier molecular flexibility index (Phi) is 2.80. The molecule has 0 aliphatic rings. The second kappa shape index (κ2) is 3.98. The van der Waals surface area contributed by atoms with Crippen molar-refractivity contribution < 1.29 is 4.39 Å². The highest BCUT2D eigenvalue weighted by Crippen LogP contribution is 2.26. The number of aryl methyl sites for hydroxylation is 1. The van der Waals surface area contributed by atoms with Crippen LogP contribution in [0.3, 0.4) is 0 Å². The zero-order valence-electron chi connectivity index (χ0n) is 9.38. The molecule has 0 bridgehead atoms. The lowest BCUT2D eigenvalue weighted by atomic mass is 10.1. The van der Waals surface area contributed by atoms with Crippen LogP contribution in [0, 0.1) is 12.7 Å². The van der Waals surface area contributed by atoms with Gasteiger partial charge in [-0.3, -0.25) is 0 Å². The number of benzene rings is 1. The molecule has 2 aromatic rings. The number of halogens is 2. The number of fused-ring (bicyclic) bond motifs is 1. The third-order valence-electron chi connectivity index (χ3n) is 2.54. The van der Waals surface area contributed by atoms with Gasteiger partial charge in [-0.2, -0.15) is 0 Å². The van der Waals surface area contributed by atoms with Crippen LogP contribution >= 0.6 is 11.6 Å². The average Bonchev–Trinajstić information content (AvgIpc) is 2.23. The van der Waals surface area contributed by atoms with Crippen molar-refractivity contribution in [2.45, 2.75) is 26.7 Å². The Morgan fingerprint density at radius 1 is 1.25 bits per heavy atom. The standard InChI is InChI=1S/C12H12ClFN2/c1-6(2)12-15-10-7(3)9(14)5-4-8(10)11(13)16-12/h4-6H,1-3H3. The minimum Gasteiger partial charge on any atom is -0.232 e. The Morgan fingerprint density at radius 3 is 2.56 bits per heavy atom. The lowest BCUT2D eigenvalue weighted by molar-refractivity contribution is 0.620. The Bertz CT molecular complexity index is 552. The molecular formula is C12H12ClFN2. The first-order chi connectivity index (χ1) is 7.50. The highest BCUT2D eigenvalue weighted by molar-refractivity contribution is 6.34. The molecule has 2 nitrogen and oxygen atoms in total. The van der Waals surface area contributed by atoms with Crippen LogP contribution in [0.1, 0.15) is 31.2 Å². The van der Waals surface area contributed by atoms with E-state index in [-0.39, 0.29) is 11.7 Å². The first-order valence-corrected chi connectivity index (χ1v) is 5.50. The van der Waals surface area contributed by atoms with E-state index in [1.54, 1.807) is 13.0 Å². The summed E-state index contributed by atoms with van der Waals surface area (Å²) in [5, 5.41) is 1.08. The number of aromatic nitrogens is 2. The quantitative estimate of drug-likeness (QED) is 0.705. The van der Waals surface area contributed by atoms with E-state index >= 15 is 0 Å². The fourth-order valence-electron chi connectivity index (χ4n) is 1.54. The zero-order chi connectivity index (χ0) is 11.9. The van der Waals surface area contributed by atoms with Gasteiger partial charge in [0.2, 0.25) is 0 Å². The molecule has 0 atom stereocenters. The Labute approximate surface area is 98.5 Å². The van der Waals surface area contributed by atoms with Gasteiger partial charge in [-0.25, -0.2) is 14.4 Å². The largest absolute Gasteiger partial charge is 0.232 e. The van der Waals surface area contributed by atoms with Gasteiger partial charge in [0, 0.05) is 16.9 Å². The van der Waals surface area contributed by atoms with Crippen LogP contribution in [0.4, 0.5) is 4.39 Å². The number of nitrogens with zero attached hydrogens (tertiary/aromatic N) is 2. The molecule has 0 N–H and O–H groups in total. The molecule has 16 heavy (non-hydrogen) atoms. The summed E-state index contributed by atoms with van der Waals surface area (Å²) in [4.78, 5) is 8.56. The number of hydrogen-bond acceptors (Lipinski definition) is 2. The van der Waals surface area contributed by atoms with Gasteiger partial charge >= 0.3 is 0 Å². The zero-order valence-corrected chi connectivity index (χ0v) is 10.1. The van der Waals surface area contributed by atoms with Crippen molar-refractivity contribution in [3.05, 3.63) is 34.5 Å². The van der Waals surface area contributed by atoms with Gasteiger partial charge in [0.15, 0.2) is 0 Å². The van der Waals surface area contributed by atoms with Gasteiger partial charge in [-0.05, 0) is 19.1 Å². The second-order valence-electron chi connectivity index (χ2n) is 4.10. The van der Waals surface area contributed by atoms with Crippen molar-refractivity contribution in [2.75, 3.05) is 0 Å². The molecule has 0 fully saturated rings. The molecule has 2 rings (SSSR count). The molecule has 0 saturated heterocycles. The van der Waals surface area contributed by atoms with E-state index in [4.69, 9.17) is 11.6 Å². The van der Waals surface area contributed by atoms with Crippen LogP contribution in [-0.2, 0) is 0 Å². The fourth-order valence-corrected chi connectivity index (χ4v) is 1.78. The molecule has 1 aromatic heterocycles. The van der Waals surface area contributed by atoms with Crippen molar-refractivity contribution in [3.63, 3.8) is 0 Å². The second-order valence-corrected chi connectivity index (χ2v) is 4.45. The Hall–Kier alpha value is -1.22. The predicted molar refractivity (Wildman–Crippen MR) is 63.3 cm³/mol. The van der Waals surface area contributed by atoms with Crippen LogP contribution in [0.15, 0.2) is 12.1 Å². The van der Waals surface area contributed by atoms with Gasteiger partial charge in [-0.1, -0.05) is 25.4 Å². The van der Waals surface area contributed by atoms with Crippen LogP contribution in [-0.4, -0.2) is 9.97 Å². The van der Waals surface area contributed by atoms with E-state index < -0.39 is 0 Å². The normalized spacial score (nSPS) is 11.4. The molecule has 0 radical (unpaired) electrons. The highest BCUT2D eigenvalue weighted by atomic mass is 35.5. The summed E-state index contributed by atoms with van der Waals surface area (Å²) < 4.78 is 13.4. The fraction of sp³-hybridized carbons (Fsp3) is 0.333. The topological polar surface area (TPSA) is 25.8 Å². The molecule has 1 aromatic carbocycles. The Morgan fingerprint density at radius 2 is 1.94 bits per heavy atom. The lowest BCUT2D eigenvalue weighted by Crippen LogP contribution is -2.00. The minimum absolute atomic E-state index is 0.171. The number of hydrogen-bond donors (Lipinski definition) is 0. The summed E-state index contributed by atoms with van der Waals surface area (Å²) >= 11 is 6.06. The molecule has 0 spiro atoms. The number of rotatable bonds is 1. The molecule has 0 aliphatic heterocycles. The van der Waals surface area contributed by atoms with Crippen molar-refractivity contribution in [1.82, 2.24) is 9.97 Å². The third-order valence-corrected chi connectivity index (χ3v) is 2.83.